The topological polar surface area (TPSA) is 208 Å². The summed E-state index contributed by atoms with van der Waals surface area (Å²) < 4.78 is 7.96. The van der Waals surface area contributed by atoms with Crippen LogP contribution in [-0.2, 0) is 35.9 Å². The largest absolute Gasteiger partial charge is 0.373 e. The van der Waals surface area contributed by atoms with Crippen LogP contribution in [0.1, 0.15) is 105 Å². The maximum absolute atomic E-state index is 12.3. The van der Waals surface area contributed by atoms with Gasteiger partial charge >= 0.3 is 0 Å². The standard InChI is InChI=1S/C31H59N9O5/c1-22(2)37-25(29(33)44)13-9-11-18-35-26(41)15-14-23-20-40(39-38-23)30(3,4)21-45-31(5,6)17-16-27(42)36-19-10-8-12-24(34-7)28(32)43/h20,22,24-25,34,37H,8-19,21H2,1-7H3,(H2,32,43)(H2,33,44)(H,35,41)(H,36,42). The molecule has 1 aromatic heterocycles. The zero-order chi connectivity index (χ0) is 34.0. The van der Waals surface area contributed by atoms with E-state index in [4.69, 9.17) is 16.2 Å². The molecule has 45 heavy (non-hydrogen) atoms. The molecule has 1 aromatic rings. The van der Waals surface area contributed by atoms with Gasteiger partial charge in [-0.3, -0.25) is 19.2 Å². The highest BCUT2D eigenvalue weighted by Crippen LogP contribution is 2.22. The molecule has 14 nitrogen and oxygen atoms in total. The fourth-order valence-electron chi connectivity index (χ4n) is 4.59. The summed E-state index contributed by atoms with van der Waals surface area (Å²) in [5.74, 6) is -0.819. The molecule has 258 valence electrons. The van der Waals surface area contributed by atoms with Gasteiger partial charge in [0.15, 0.2) is 0 Å². The molecule has 0 spiro atoms. The molecule has 0 saturated carbocycles. The quantitative estimate of drug-likeness (QED) is 0.0845. The minimum Gasteiger partial charge on any atom is -0.373 e. The van der Waals surface area contributed by atoms with Gasteiger partial charge in [0.1, 0.15) is 0 Å². The van der Waals surface area contributed by atoms with E-state index in [1.165, 1.54) is 0 Å². The van der Waals surface area contributed by atoms with Gasteiger partial charge < -0.3 is 37.5 Å². The number of unbranched alkanes of at least 4 members (excludes halogenated alkanes) is 2. The van der Waals surface area contributed by atoms with Crippen LogP contribution in [0.15, 0.2) is 6.20 Å². The number of hydrogen-bond donors (Lipinski definition) is 6. The number of primary amides is 2. The van der Waals surface area contributed by atoms with Crippen LogP contribution in [-0.4, -0.2) is 89.1 Å². The molecule has 0 aliphatic carbocycles. The van der Waals surface area contributed by atoms with Crippen molar-refractivity contribution in [2.45, 2.75) is 135 Å². The Morgan fingerprint density at radius 3 is 1.98 bits per heavy atom. The number of aryl methyl sites for hydroxylation is 1. The van der Waals surface area contributed by atoms with Gasteiger partial charge in [0.05, 0.1) is 35.5 Å². The molecular weight excluding hydrogens is 578 g/mol. The van der Waals surface area contributed by atoms with Crippen molar-refractivity contribution in [2.24, 2.45) is 11.5 Å². The first-order valence-corrected chi connectivity index (χ1v) is 16.2. The predicted molar refractivity (Wildman–Crippen MR) is 174 cm³/mol. The first-order valence-electron chi connectivity index (χ1n) is 16.2. The van der Waals surface area contributed by atoms with Crippen molar-refractivity contribution in [2.75, 3.05) is 26.7 Å². The number of nitrogens with one attached hydrogen (secondary N) is 4. The first-order chi connectivity index (χ1) is 21.1. The number of nitrogens with two attached hydrogens (primary N) is 2. The highest BCUT2D eigenvalue weighted by Gasteiger charge is 2.28. The average molecular weight is 638 g/mol. The molecule has 0 saturated heterocycles. The molecular formula is C31H59N9O5. The number of likely N-dealkylation sites (N-methyl/N-ethyl adjacent to an activating group) is 1. The first kappa shape index (κ1) is 39.9. The Bertz CT molecular complexity index is 1060. The summed E-state index contributed by atoms with van der Waals surface area (Å²) in [5.41, 5.74) is 10.5. The molecule has 0 aliphatic heterocycles. The number of aromatic nitrogens is 3. The van der Waals surface area contributed by atoms with Crippen molar-refractivity contribution >= 4 is 23.6 Å². The summed E-state index contributed by atoms with van der Waals surface area (Å²) in [5, 5.41) is 20.4. The lowest BCUT2D eigenvalue weighted by molar-refractivity contribution is -0.123. The Hall–Kier alpha value is -3.10. The van der Waals surface area contributed by atoms with Crippen LogP contribution in [0, 0.1) is 0 Å². The van der Waals surface area contributed by atoms with Crippen LogP contribution in [0.5, 0.6) is 0 Å². The number of amides is 4. The summed E-state index contributed by atoms with van der Waals surface area (Å²) in [6, 6.07) is -0.527. The number of carbonyl (C=O) groups is 4. The van der Waals surface area contributed by atoms with Crippen LogP contribution in [0.2, 0.25) is 0 Å². The van der Waals surface area contributed by atoms with E-state index >= 15 is 0 Å². The summed E-state index contributed by atoms with van der Waals surface area (Å²) in [6.45, 7) is 13.3. The Balaban J connectivity index is 2.34. The summed E-state index contributed by atoms with van der Waals surface area (Å²) >= 11 is 0. The van der Waals surface area contributed by atoms with Gasteiger partial charge in [0.2, 0.25) is 23.6 Å². The van der Waals surface area contributed by atoms with Crippen molar-refractivity contribution in [3.05, 3.63) is 11.9 Å². The Morgan fingerprint density at radius 1 is 0.889 bits per heavy atom. The fraction of sp³-hybridized carbons (Fsp3) is 0.806. The van der Waals surface area contributed by atoms with E-state index in [-0.39, 0.29) is 41.8 Å². The molecule has 0 fully saturated rings. The Labute approximate surface area is 268 Å². The Kier molecular flexibility index (Phi) is 17.8. The van der Waals surface area contributed by atoms with E-state index in [1.54, 1.807) is 11.7 Å². The second kappa shape index (κ2) is 20.1. The van der Waals surface area contributed by atoms with E-state index < -0.39 is 11.1 Å². The molecule has 8 N–H and O–H groups in total. The van der Waals surface area contributed by atoms with Crippen molar-refractivity contribution in [3.8, 4) is 0 Å². The van der Waals surface area contributed by atoms with Crippen molar-refractivity contribution in [1.82, 2.24) is 36.3 Å². The number of carbonyl (C=O) groups excluding carboxylic acids is 4. The highest BCUT2D eigenvalue weighted by atomic mass is 16.5. The molecule has 0 aromatic carbocycles. The van der Waals surface area contributed by atoms with Gasteiger partial charge in [-0.15, -0.1) is 5.10 Å². The fourth-order valence-corrected chi connectivity index (χ4v) is 4.59. The molecule has 1 rings (SSSR count). The number of ether oxygens (including phenoxy) is 1. The maximum Gasteiger partial charge on any atom is 0.234 e. The van der Waals surface area contributed by atoms with Crippen molar-refractivity contribution in [1.29, 1.82) is 0 Å². The number of nitrogens with zero attached hydrogens (tertiary/aromatic N) is 3. The third-order valence-corrected chi connectivity index (χ3v) is 7.59. The van der Waals surface area contributed by atoms with Crippen LogP contribution in [0.4, 0.5) is 0 Å². The van der Waals surface area contributed by atoms with E-state index in [0.29, 0.717) is 63.9 Å². The molecule has 1 heterocycles. The predicted octanol–water partition coefficient (Wildman–Crippen LogP) is 1.02. The highest BCUT2D eigenvalue weighted by molar-refractivity contribution is 5.80. The smallest absolute Gasteiger partial charge is 0.234 e. The maximum atomic E-state index is 12.3. The lowest BCUT2D eigenvalue weighted by Gasteiger charge is -2.31. The zero-order valence-corrected chi connectivity index (χ0v) is 28.5. The van der Waals surface area contributed by atoms with Crippen LogP contribution >= 0.6 is 0 Å². The van der Waals surface area contributed by atoms with Crippen LogP contribution < -0.4 is 32.7 Å². The minimum atomic E-state index is -0.524. The van der Waals surface area contributed by atoms with Gasteiger partial charge in [-0.05, 0) is 79.7 Å². The normalized spacial score (nSPS) is 13.4. The lowest BCUT2D eigenvalue weighted by atomic mass is 10.0. The van der Waals surface area contributed by atoms with Gasteiger partial charge in [0, 0.05) is 44.6 Å². The van der Waals surface area contributed by atoms with Crippen molar-refractivity contribution < 1.29 is 23.9 Å². The average Bonchev–Trinajstić information content (AvgIpc) is 3.45. The monoisotopic (exact) mass is 637 g/mol. The summed E-state index contributed by atoms with van der Waals surface area (Å²) in [7, 11) is 1.71. The zero-order valence-electron chi connectivity index (χ0n) is 28.5. The molecule has 2 atom stereocenters. The molecule has 14 heteroatoms. The number of hydrogen-bond acceptors (Lipinski definition) is 9. The van der Waals surface area contributed by atoms with Crippen LogP contribution in [0.3, 0.4) is 0 Å². The van der Waals surface area contributed by atoms with Gasteiger partial charge in [0.25, 0.3) is 0 Å². The summed E-state index contributed by atoms with van der Waals surface area (Å²) in [4.78, 5) is 47.5. The van der Waals surface area contributed by atoms with Gasteiger partial charge in [-0.1, -0.05) is 19.1 Å². The van der Waals surface area contributed by atoms with E-state index in [2.05, 4.69) is 31.6 Å². The molecule has 2 unspecified atom stereocenters. The van der Waals surface area contributed by atoms with E-state index in [9.17, 15) is 19.2 Å². The molecule has 4 amide bonds. The lowest BCUT2D eigenvalue weighted by Crippen LogP contribution is -2.44. The van der Waals surface area contributed by atoms with Crippen molar-refractivity contribution in [3.63, 3.8) is 0 Å². The second-order valence-corrected chi connectivity index (χ2v) is 13.2. The van der Waals surface area contributed by atoms with Gasteiger partial charge in [-0.25, -0.2) is 4.68 Å². The molecule has 0 radical (unpaired) electrons. The Morgan fingerprint density at radius 2 is 1.44 bits per heavy atom. The minimum absolute atomic E-state index is 0.0355. The second-order valence-electron chi connectivity index (χ2n) is 13.2. The third-order valence-electron chi connectivity index (χ3n) is 7.59. The molecule has 0 aliphatic rings. The number of rotatable bonds is 25. The summed E-state index contributed by atoms with van der Waals surface area (Å²) in [6.07, 6.45) is 7.87. The van der Waals surface area contributed by atoms with E-state index in [0.717, 1.165) is 25.7 Å². The van der Waals surface area contributed by atoms with Gasteiger partial charge in [-0.2, -0.15) is 0 Å². The van der Waals surface area contributed by atoms with Crippen LogP contribution in [0.25, 0.3) is 0 Å². The van der Waals surface area contributed by atoms with E-state index in [1.807, 2.05) is 47.7 Å². The SMILES string of the molecule is CNC(CCCCNC(=O)CCC(C)(C)OCC(C)(C)n1cc(CCC(=O)NCCCCC(NC(C)C)C(N)=O)nn1)C(N)=O. The molecule has 0 bridgehead atoms. The third kappa shape index (κ3) is 17.2.